The second kappa shape index (κ2) is 7.07. The maximum absolute atomic E-state index is 13.4. The Hall–Kier alpha value is -2.51. The lowest BCUT2D eigenvalue weighted by Gasteiger charge is -2.36. The largest absolute Gasteiger partial charge is 0.494 e. The van der Waals surface area contributed by atoms with Crippen LogP contribution >= 0.6 is 11.8 Å². The molecular weight excluding hydrogens is 386 g/mol. The molecular formula is C22H23N3O3S. The van der Waals surface area contributed by atoms with E-state index >= 15 is 0 Å². The molecule has 2 saturated heterocycles. The van der Waals surface area contributed by atoms with Crippen molar-refractivity contribution in [3.63, 3.8) is 0 Å². The number of para-hydroxylation sites is 1. The highest BCUT2D eigenvalue weighted by Crippen LogP contribution is 2.55. The maximum atomic E-state index is 13.4. The van der Waals surface area contributed by atoms with E-state index in [2.05, 4.69) is 15.5 Å². The maximum Gasteiger partial charge on any atom is 0.250 e. The predicted octanol–water partition coefficient (Wildman–Crippen LogP) is 3.27. The molecule has 6 nitrogen and oxygen atoms in total. The smallest absolute Gasteiger partial charge is 0.250 e. The van der Waals surface area contributed by atoms with Gasteiger partial charge >= 0.3 is 0 Å². The number of thioether (sulfide) groups is 1. The van der Waals surface area contributed by atoms with Gasteiger partial charge in [0.05, 0.1) is 12.5 Å². The van der Waals surface area contributed by atoms with Crippen molar-refractivity contribution in [2.45, 2.75) is 24.9 Å². The van der Waals surface area contributed by atoms with E-state index in [1.54, 1.807) is 0 Å². The average molecular weight is 410 g/mol. The molecule has 0 saturated carbocycles. The summed E-state index contributed by atoms with van der Waals surface area (Å²) in [4.78, 5) is 29.0. The van der Waals surface area contributed by atoms with Crippen LogP contribution in [0.4, 0.5) is 11.4 Å². The van der Waals surface area contributed by atoms with Crippen molar-refractivity contribution in [3.05, 3.63) is 54.1 Å². The fourth-order valence-electron chi connectivity index (χ4n) is 4.93. The van der Waals surface area contributed by atoms with Crippen molar-refractivity contribution in [3.8, 4) is 5.75 Å². The zero-order valence-electron chi connectivity index (χ0n) is 16.2. The molecule has 2 aromatic carbocycles. The number of amides is 2. The van der Waals surface area contributed by atoms with Gasteiger partial charge in [0.1, 0.15) is 11.3 Å². The summed E-state index contributed by atoms with van der Waals surface area (Å²) < 4.78 is 5.47. The summed E-state index contributed by atoms with van der Waals surface area (Å²) in [6.45, 7) is 2.53. The van der Waals surface area contributed by atoms with Gasteiger partial charge in [0, 0.05) is 34.6 Å². The van der Waals surface area contributed by atoms with Crippen molar-refractivity contribution < 1.29 is 14.3 Å². The predicted molar refractivity (Wildman–Crippen MR) is 114 cm³/mol. The molecule has 29 heavy (non-hydrogen) atoms. The third-order valence-corrected chi connectivity index (χ3v) is 7.21. The molecule has 7 heteroatoms. The molecule has 5 rings (SSSR count). The number of rotatable bonds is 4. The van der Waals surface area contributed by atoms with E-state index in [0.29, 0.717) is 18.7 Å². The van der Waals surface area contributed by atoms with Gasteiger partial charge in [-0.05, 0) is 43.7 Å². The first-order chi connectivity index (χ1) is 14.1. The van der Waals surface area contributed by atoms with Crippen LogP contribution in [0, 0.1) is 5.92 Å². The summed E-state index contributed by atoms with van der Waals surface area (Å²) in [7, 11) is 0. The lowest BCUT2D eigenvalue weighted by molar-refractivity contribution is -0.134. The van der Waals surface area contributed by atoms with Crippen molar-refractivity contribution in [1.82, 2.24) is 4.90 Å². The normalized spacial score (nSPS) is 27.6. The molecule has 0 radical (unpaired) electrons. The molecule has 0 unspecified atom stereocenters. The van der Waals surface area contributed by atoms with E-state index in [9.17, 15) is 9.59 Å². The van der Waals surface area contributed by atoms with Gasteiger partial charge in [0.15, 0.2) is 0 Å². The minimum absolute atomic E-state index is 0.0875. The average Bonchev–Trinajstić information content (AvgIpc) is 3.38. The number of anilines is 2. The number of nitrogens with one attached hydrogen (secondary N) is 2. The highest BCUT2D eigenvalue weighted by atomic mass is 32.2. The molecule has 1 spiro atoms. The number of benzene rings is 2. The van der Waals surface area contributed by atoms with Crippen LogP contribution in [-0.2, 0) is 15.1 Å². The second-order valence-electron chi connectivity index (χ2n) is 7.62. The lowest BCUT2D eigenvalue weighted by atomic mass is 9.79. The van der Waals surface area contributed by atoms with Crippen molar-refractivity contribution >= 4 is 35.0 Å². The van der Waals surface area contributed by atoms with E-state index in [-0.39, 0.29) is 17.9 Å². The Labute approximate surface area is 174 Å². The van der Waals surface area contributed by atoms with E-state index in [0.717, 1.165) is 28.6 Å². The van der Waals surface area contributed by atoms with E-state index < -0.39 is 11.5 Å². The molecule has 3 aliphatic heterocycles. The number of fused-ring (bicyclic) bond motifs is 4. The highest BCUT2D eigenvalue weighted by molar-refractivity contribution is 7.99. The van der Waals surface area contributed by atoms with Crippen LogP contribution in [0.1, 0.15) is 18.9 Å². The first-order valence-corrected chi connectivity index (χ1v) is 11.1. The number of hydrogen-bond acceptors (Lipinski definition) is 5. The zero-order chi connectivity index (χ0) is 20.0. The van der Waals surface area contributed by atoms with E-state index in [1.165, 1.54) is 0 Å². The van der Waals surface area contributed by atoms with Gasteiger partial charge in [0.2, 0.25) is 11.8 Å². The Morgan fingerprint density at radius 1 is 1.28 bits per heavy atom. The van der Waals surface area contributed by atoms with Crippen molar-refractivity contribution in [2.75, 3.05) is 28.9 Å². The lowest BCUT2D eigenvalue weighted by Crippen LogP contribution is -2.53. The molecule has 0 aliphatic carbocycles. The molecule has 3 heterocycles. The summed E-state index contributed by atoms with van der Waals surface area (Å²) in [6.07, 6.45) is 0.678. The topological polar surface area (TPSA) is 70.7 Å². The van der Waals surface area contributed by atoms with E-state index in [4.69, 9.17) is 4.74 Å². The van der Waals surface area contributed by atoms with Gasteiger partial charge in [-0.3, -0.25) is 14.5 Å². The molecule has 3 atom stereocenters. The van der Waals surface area contributed by atoms with Crippen LogP contribution in [0.3, 0.4) is 0 Å². The van der Waals surface area contributed by atoms with Crippen LogP contribution < -0.4 is 15.4 Å². The van der Waals surface area contributed by atoms with Gasteiger partial charge in [-0.15, -0.1) is 11.8 Å². The standard InChI is InChI=1S/C22H23N3O3S/c1-2-28-16-9-7-14(8-10-16)23-20(26)18-11-15-12-29-13-25(15)22(18)17-5-3-4-6-19(17)24-21(22)27/h3-10,15,18H,2,11-13H2,1H3,(H,23,26)(H,24,27)/t15-,18+,22-/m1/s1. The Kier molecular flexibility index (Phi) is 4.52. The molecule has 2 fully saturated rings. The van der Waals surface area contributed by atoms with Crippen LogP contribution in [-0.4, -0.2) is 41.0 Å². The summed E-state index contributed by atoms with van der Waals surface area (Å²) in [5, 5.41) is 6.06. The van der Waals surface area contributed by atoms with Gasteiger partial charge < -0.3 is 15.4 Å². The first-order valence-electron chi connectivity index (χ1n) is 9.93. The molecule has 2 N–H and O–H groups in total. The fourth-order valence-corrected chi connectivity index (χ4v) is 6.24. The number of carbonyl (C=O) groups excluding carboxylic acids is 2. The van der Waals surface area contributed by atoms with E-state index in [1.807, 2.05) is 67.2 Å². The summed E-state index contributed by atoms with van der Waals surface area (Å²) in [5.41, 5.74) is 1.51. The number of carbonyl (C=O) groups is 2. The molecule has 2 amide bonds. The van der Waals surface area contributed by atoms with Crippen LogP contribution in [0.25, 0.3) is 0 Å². The highest BCUT2D eigenvalue weighted by Gasteiger charge is 2.65. The summed E-state index contributed by atoms with van der Waals surface area (Å²) in [6, 6.07) is 15.3. The van der Waals surface area contributed by atoms with Crippen molar-refractivity contribution in [1.29, 1.82) is 0 Å². The Morgan fingerprint density at radius 3 is 2.86 bits per heavy atom. The van der Waals surface area contributed by atoms with Gasteiger partial charge in [-0.2, -0.15) is 0 Å². The molecule has 2 aromatic rings. The van der Waals surface area contributed by atoms with Crippen LogP contribution in [0.15, 0.2) is 48.5 Å². The van der Waals surface area contributed by atoms with Crippen molar-refractivity contribution in [2.24, 2.45) is 5.92 Å². The van der Waals surface area contributed by atoms with Gasteiger partial charge in [-0.25, -0.2) is 0 Å². The van der Waals surface area contributed by atoms with Gasteiger partial charge in [-0.1, -0.05) is 18.2 Å². The third-order valence-electron chi connectivity index (χ3n) is 6.13. The fraction of sp³-hybridized carbons (Fsp3) is 0.364. The minimum Gasteiger partial charge on any atom is -0.494 e. The first kappa shape index (κ1) is 18.5. The quantitative estimate of drug-likeness (QED) is 0.811. The molecule has 0 bridgehead atoms. The molecule has 0 aromatic heterocycles. The molecule has 150 valence electrons. The summed E-state index contributed by atoms with van der Waals surface area (Å²) >= 11 is 1.83. The van der Waals surface area contributed by atoms with Crippen LogP contribution in [0.5, 0.6) is 5.75 Å². The number of hydrogen-bond donors (Lipinski definition) is 2. The van der Waals surface area contributed by atoms with Gasteiger partial charge in [0.25, 0.3) is 0 Å². The Bertz CT molecular complexity index is 964. The second-order valence-corrected chi connectivity index (χ2v) is 8.62. The van der Waals surface area contributed by atoms with Crippen LogP contribution in [0.2, 0.25) is 0 Å². The SMILES string of the molecule is CCOc1ccc(NC(=O)[C@@H]2C[C@@H]3CSCN3[C@@]23C(=O)Nc2ccccc23)cc1. The third kappa shape index (κ3) is 2.75. The summed E-state index contributed by atoms with van der Waals surface area (Å²) in [5.74, 6) is 1.84. The molecule has 3 aliphatic rings. The minimum atomic E-state index is -0.930. The zero-order valence-corrected chi connectivity index (χ0v) is 17.0. The number of nitrogens with zero attached hydrogens (tertiary/aromatic N) is 1. The Morgan fingerprint density at radius 2 is 2.07 bits per heavy atom. The Balaban J connectivity index is 1.49. The monoisotopic (exact) mass is 409 g/mol. The number of ether oxygens (including phenoxy) is 1.